The van der Waals surface area contributed by atoms with Gasteiger partial charge < -0.3 is 0 Å². The molecule has 0 saturated heterocycles. The van der Waals surface area contributed by atoms with Crippen LogP contribution >= 0.6 is 0 Å². The van der Waals surface area contributed by atoms with E-state index in [9.17, 15) is 0 Å². The first kappa shape index (κ1) is 47.6. The van der Waals surface area contributed by atoms with Crippen molar-refractivity contribution in [1.29, 1.82) is 0 Å². The van der Waals surface area contributed by atoms with E-state index in [2.05, 4.69) is 166 Å². The molecule has 0 heterocycles. The number of fused-ring (bicyclic) bond motifs is 1. The Bertz CT molecular complexity index is 1770. The first-order valence-electron chi connectivity index (χ1n) is 23.6. The summed E-state index contributed by atoms with van der Waals surface area (Å²) in [5.74, 6) is 10.4. The van der Waals surface area contributed by atoms with E-state index < -0.39 is 0 Å². The van der Waals surface area contributed by atoms with Crippen LogP contribution in [0.1, 0.15) is 182 Å². The molecule has 14 unspecified atom stereocenters. The van der Waals surface area contributed by atoms with Crippen LogP contribution < -0.4 is 0 Å². The Labute approximate surface area is 356 Å². The van der Waals surface area contributed by atoms with Gasteiger partial charge in [-0.1, -0.05) is 95.2 Å². The number of hydrogen-bond donors (Lipinski definition) is 0. The average molecular weight is 777 g/mol. The topological polar surface area (TPSA) is 0 Å². The maximum atomic E-state index is 4.81. The van der Waals surface area contributed by atoms with Crippen LogP contribution in [0.5, 0.6) is 0 Å². The van der Waals surface area contributed by atoms with Gasteiger partial charge in [-0.25, -0.2) is 0 Å². The standard InChI is InChI=1S/C52H80.C5H12/c1-24-22-45(35(12)28(5)33(10)39(16)48-37(14)29(6)26(3)30(7)38(48)15)46(25(24)2)23-47-36(13)44(21)52-50(47)42(19)34(11)43(20)51(52)49-40(17)31(8)27(4)32(9)41(49)18;1-5(2,3)4/h24-25,34-36,42-47,50-52H,16,22-23H2,1-15,17-21H3;1-4H3. The van der Waals surface area contributed by atoms with E-state index in [1.807, 2.05) is 0 Å². The maximum absolute atomic E-state index is 4.81. The zero-order valence-electron chi connectivity index (χ0n) is 42.2. The van der Waals surface area contributed by atoms with Crippen molar-refractivity contribution in [3.63, 3.8) is 0 Å². The van der Waals surface area contributed by atoms with Gasteiger partial charge in [-0.05, 0) is 262 Å². The minimum absolute atomic E-state index is 0.500. The van der Waals surface area contributed by atoms with Crippen molar-refractivity contribution in [2.45, 2.75) is 185 Å². The van der Waals surface area contributed by atoms with Gasteiger partial charge in [0.25, 0.3) is 0 Å². The molecular formula is C57H92. The predicted molar refractivity (Wildman–Crippen MR) is 256 cm³/mol. The van der Waals surface area contributed by atoms with Gasteiger partial charge in [-0.2, -0.15) is 0 Å². The minimum Gasteiger partial charge on any atom is -0.0909 e. The second-order valence-corrected chi connectivity index (χ2v) is 22.9. The van der Waals surface area contributed by atoms with Crippen LogP contribution in [-0.2, 0) is 0 Å². The lowest BCUT2D eigenvalue weighted by molar-refractivity contribution is 0.0174. The Balaban J connectivity index is 0.00000135. The van der Waals surface area contributed by atoms with Gasteiger partial charge in [-0.3, -0.25) is 0 Å². The number of benzene rings is 2. The Morgan fingerprint density at radius 3 is 1.40 bits per heavy atom. The van der Waals surface area contributed by atoms with E-state index in [4.69, 9.17) is 6.58 Å². The molecule has 0 aromatic heterocycles. The molecule has 3 aliphatic rings. The Hall–Kier alpha value is -2.08. The summed E-state index contributed by atoms with van der Waals surface area (Å²) in [6.45, 7) is 63.0. The van der Waals surface area contributed by atoms with Crippen LogP contribution in [0.15, 0.2) is 17.7 Å². The molecule has 2 aromatic rings. The molecule has 5 rings (SSSR count). The molecule has 0 bridgehead atoms. The van der Waals surface area contributed by atoms with Crippen LogP contribution in [0, 0.1) is 152 Å². The smallest absolute Gasteiger partial charge is 0.00943 e. The average Bonchev–Trinajstić information content (AvgIpc) is 3.56. The van der Waals surface area contributed by atoms with E-state index in [1.165, 1.54) is 74.1 Å². The highest BCUT2D eigenvalue weighted by atomic mass is 14.6. The highest BCUT2D eigenvalue weighted by molar-refractivity contribution is 5.82. The summed E-state index contributed by atoms with van der Waals surface area (Å²) in [6.07, 6.45) is 2.78. The molecule has 0 aliphatic heterocycles. The lowest BCUT2D eigenvalue weighted by Gasteiger charge is -2.51. The molecule has 57 heavy (non-hydrogen) atoms. The third-order valence-corrected chi connectivity index (χ3v) is 18.7. The second-order valence-electron chi connectivity index (χ2n) is 22.9. The van der Waals surface area contributed by atoms with Gasteiger partial charge in [0.15, 0.2) is 0 Å². The fourth-order valence-electron chi connectivity index (χ4n) is 13.3. The molecule has 0 heteroatoms. The summed E-state index contributed by atoms with van der Waals surface area (Å²) in [5, 5.41) is 0. The van der Waals surface area contributed by atoms with Crippen LogP contribution in [0.2, 0.25) is 0 Å². The van der Waals surface area contributed by atoms with Gasteiger partial charge in [0.2, 0.25) is 0 Å². The molecule has 0 amide bonds. The molecule has 3 saturated carbocycles. The molecule has 320 valence electrons. The van der Waals surface area contributed by atoms with Crippen LogP contribution in [0.4, 0.5) is 0 Å². The summed E-state index contributed by atoms with van der Waals surface area (Å²) >= 11 is 0. The normalized spacial score (nSPS) is 33.7. The van der Waals surface area contributed by atoms with Gasteiger partial charge in [0.1, 0.15) is 0 Å². The van der Waals surface area contributed by atoms with Gasteiger partial charge in [0, 0.05) is 0 Å². The summed E-state index contributed by atoms with van der Waals surface area (Å²) in [7, 11) is 0. The molecule has 0 nitrogen and oxygen atoms in total. The van der Waals surface area contributed by atoms with Crippen LogP contribution in [0.3, 0.4) is 0 Å². The summed E-state index contributed by atoms with van der Waals surface area (Å²) in [5.41, 5.74) is 22.7. The highest BCUT2D eigenvalue weighted by Gasteiger charge is 2.58. The van der Waals surface area contributed by atoms with Crippen molar-refractivity contribution in [1.82, 2.24) is 0 Å². The molecule has 3 fully saturated rings. The monoisotopic (exact) mass is 777 g/mol. The van der Waals surface area contributed by atoms with E-state index in [0.29, 0.717) is 23.2 Å². The third-order valence-electron chi connectivity index (χ3n) is 18.7. The minimum atomic E-state index is 0.500. The van der Waals surface area contributed by atoms with Gasteiger partial charge in [-0.15, -0.1) is 0 Å². The molecule has 14 atom stereocenters. The molecule has 0 spiro atoms. The maximum Gasteiger partial charge on any atom is -0.00943 e. The quantitative estimate of drug-likeness (QED) is 0.246. The van der Waals surface area contributed by atoms with Crippen molar-refractivity contribution in [3.8, 4) is 0 Å². The van der Waals surface area contributed by atoms with E-state index >= 15 is 0 Å². The van der Waals surface area contributed by atoms with Crippen LogP contribution in [0.25, 0.3) is 5.57 Å². The van der Waals surface area contributed by atoms with Crippen molar-refractivity contribution in [2.24, 2.45) is 82.3 Å². The van der Waals surface area contributed by atoms with Crippen LogP contribution in [-0.4, -0.2) is 0 Å². The SMILES string of the molecule is C=C(C(C)=C(C)C(C)C1CC(C)C(C)C1CC1C(C)C(C)C2C(c3c(C)c(C)c(C)c(C)c3C)C(C)C(C)C(C)C12)c1c(C)c(C)c(C)c(C)c1C.CC(C)(C)C. The van der Waals surface area contributed by atoms with E-state index in [-0.39, 0.29) is 0 Å². The third kappa shape index (κ3) is 8.61. The van der Waals surface area contributed by atoms with Gasteiger partial charge in [0.05, 0.1) is 0 Å². The van der Waals surface area contributed by atoms with Gasteiger partial charge >= 0.3 is 0 Å². The van der Waals surface area contributed by atoms with Crippen molar-refractivity contribution < 1.29 is 0 Å². The predicted octanol–water partition coefficient (Wildman–Crippen LogP) is 16.9. The number of hydrogen-bond acceptors (Lipinski definition) is 0. The molecule has 2 aromatic carbocycles. The molecule has 0 N–H and O–H groups in total. The lowest BCUT2D eigenvalue weighted by atomic mass is 9.54. The van der Waals surface area contributed by atoms with E-state index in [0.717, 1.165) is 65.1 Å². The second kappa shape index (κ2) is 17.5. The molecular weight excluding hydrogens is 685 g/mol. The van der Waals surface area contributed by atoms with Crippen molar-refractivity contribution >= 4 is 5.57 Å². The fraction of sp³-hybridized carbons (Fsp3) is 0.719. The molecule has 3 aliphatic carbocycles. The lowest BCUT2D eigenvalue weighted by Crippen LogP contribution is -2.44. The zero-order valence-corrected chi connectivity index (χ0v) is 42.2. The van der Waals surface area contributed by atoms with E-state index in [1.54, 1.807) is 22.3 Å². The van der Waals surface area contributed by atoms with Crippen molar-refractivity contribution in [2.75, 3.05) is 0 Å². The number of allylic oxidation sites excluding steroid dienone is 3. The fourth-order valence-corrected chi connectivity index (χ4v) is 13.3. The highest BCUT2D eigenvalue weighted by Crippen LogP contribution is 2.65. The summed E-state index contributed by atoms with van der Waals surface area (Å²) in [6, 6.07) is 0. The Morgan fingerprint density at radius 1 is 0.544 bits per heavy atom. The summed E-state index contributed by atoms with van der Waals surface area (Å²) < 4.78 is 0. The zero-order chi connectivity index (χ0) is 43.7. The largest absolute Gasteiger partial charge is 0.0909 e. The molecule has 0 radical (unpaired) electrons. The number of rotatable bonds is 7. The first-order valence-corrected chi connectivity index (χ1v) is 23.6. The first-order chi connectivity index (χ1) is 26.1. The summed E-state index contributed by atoms with van der Waals surface area (Å²) in [4.78, 5) is 0. The Kier molecular flexibility index (Phi) is 14.6. The van der Waals surface area contributed by atoms with Crippen molar-refractivity contribution in [3.05, 3.63) is 84.5 Å². The Morgan fingerprint density at radius 2 is 0.947 bits per heavy atom.